The lowest BCUT2D eigenvalue weighted by atomic mass is 10.1. The van der Waals surface area contributed by atoms with Crippen molar-refractivity contribution in [3.8, 4) is 0 Å². The van der Waals surface area contributed by atoms with Crippen molar-refractivity contribution in [2.75, 3.05) is 6.54 Å². The molecule has 26 heavy (non-hydrogen) atoms. The van der Waals surface area contributed by atoms with Crippen molar-refractivity contribution in [1.82, 2.24) is 15.6 Å². The molecule has 8 heteroatoms. The number of hydrogen-bond acceptors (Lipinski definition) is 4. The maximum Gasteiger partial charge on any atom is 0.322 e. The monoisotopic (exact) mass is 361 g/mol. The van der Waals surface area contributed by atoms with Gasteiger partial charge in [-0.3, -0.25) is 19.2 Å². The third kappa shape index (κ3) is 6.76. The fourth-order valence-corrected chi connectivity index (χ4v) is 2.15. The van der Waals surface area contributed by atoms with Crippen LogP contribution < -0.4 is 10.6 Å². The molecule has 0 spiro atoms. The fourth-order valence-electron chi connectivity index (χ4n) is 2.15. The first-order valence-electron chi connectivity index (χ1n) is 7.90. The predicted molar refractivity (Wildman–Crippen MR) is 96.8 cm³/mol. The Morgan fingerprint density at radius 3 is 2.23 bits per heavy atom. The van der Waals surface area contributed by atoms with Gasteiger partial charge in [-0.25, -0.2) is 0 Å². The number of H-pyrrole nitrogens is 1. The zero-order chi connectivity index (χ0) is 19.9. The molecule has 1 aromatic heterocycles. The van der Waals surface area contributed by atoms with E-state index in [2.05, 4.69) is 10.3 Å². The highest BCUT2D eigenvalue weighted by molar-refractivity contribution is 6.45. The van der Waals surface area contributed by atoms with Gasteiger partial charge in [0, 0.05) is 29.6 Å². The Kier molecular flexibility index (Phi) is 7.06. The average molecular weight is 361 g/mol. The number of fused-ring (bicyclic) bond motifs is 1. The van der Waals surface area contributed by atoms with E-state index in [4.69, 9.17) is 5.11 Å². The van der Waals surface area contributed by atoms with Crippen molar-refractivity contribution in [2.24, 2.45) is 0 Å². The lowest BCUT2D eigenvalue weighted by Crippen LogP contribution is -2.38. The molecule has 0 aliphatic heterocycles. The van der Waals surface area contributed by atoms with Gasteiger partial charge in [-0.15, -0.1) is 0 Å². The Hall–Kier alpha value is -3.16. The molecule has 0 unspecified atom stereocenters. The number of rotatable bonds is 4. The van der Waals surface area contributed by atoms with E-state index in [1.807, 2.05) is 26.1 Å². The standard InChI is InChI=1S/C12H10N2O4.C6H13NO/c15-10(16)6-14-12(18)11(17)8-5-13-9-4-2-1-3-7(8)9;1-5(8)7-6(2,3)4/h1-5,13H,6H2,(H,14,18)(H,15,16);1-4H3,(H,7,8). The number of carboxylic acids is 1. The van der Waals surface area contributed by atoms with Crippen molar-refractivity contribution in [3.05, 3.63) is 36.0 Å². The molecular formula is C18H23N3O5. The van der Waals surface area contributed by atoms with E-state index in [1.165, 1.54) is 13.1 Å². The van der Waals surface area contributed by atoms with Gasteiger partial charge in [-0.05, 0) is 26.8 Å². The van der Waals surface area contributed by atoms with E-state index in [1.54, 1.807) is 24.3 Å². The summed E-state index contributed by atoms with van der Waals surface area (Å²) in [5.74, 6) is -2.86. The molecule has 1 heterocycles. The highest BCUT2D eigenvalue weighted by atomic mass is 16.4. The Labute approximate surface area is 151 Å². The van der Waals surface area contributed by atoms with Crippen LogP contribution in [0.1, 0.15) is 38.1 Å². The highest BCUT2D eigenvalue weighted by Gasteiger charge is 2.19. The molecule has 0 aliphatic rings. The van der Waals surface area contributed by atoms with Crippen molar-refractivity contribution in [1.29, 1.82) is 0 Å². The minimum absolute atomic E-state index is 0.0255. The van der Waals surface area contributed by atoms with Crippen LogP contribution in [0.25, 0.3) is 10.9 Å². The minimum atomic E-state index is -1.20. The maximum absolute atomic E-state index is 11.8. The summed E-state index contributed by atoms with van der Waals surface area (Å²) in [6.45, 7) is 6.80. The van der Waals surface area contributed by atoms with E-state index >= 15 is 0 Å². The molecule has 2 amide bonds. The molecule has 8 nitrogen and oxygen atoms in total. The number of aliphatic carboxylic acids is 1. The Morgan fingerprint density at radius 2 is 1.73 bits per heavy atom. The van der Waals surface area contributed by atoms with Crippen LogP contribution in [0.4, 0.5) is 0 Å². The van der Waals surface area contributed by atoms with Crippen LogP contribution in [0, 0.1) is 0 Å². The SMILES string of the molecule is CC(=O)NC(C)(C)C.O=C(O)CNC(=O)C(=O)c1c[nH]c2ccccc12. The summed E-state index contributed by atoms with van der Waals surface area (Å²) in [6, 6.07) is 7.05. The second-order valence-corrected chi connectivity index (χ2v) is 6.58. The highest BCUT2D eigenvalue weighted by Crippen LogP contribution is 2.17. The molecular weight excluding hydrogens is 338 g/mol. The normalized spacial score (nSPS) is 10.5. The fraction of sp³-hybridized carbons (Fsp3) is 0.333. The summed E-state index contributed by atoms with van der Waals surface area (Å²) in [7, 11) is 0. The van der Waals surface area contributed by atoms with Crippen LogP contribution in [0.5, 0.6) is 0 Å². The van der Waals surface area contributed by atoms with Gasteiger partial charge in [0.25, 0.3) is 11.7 Å². The molecule has 0 radical (unpaired) electrons. The van der Waals surface area contributed by atoms with Gasteiger partial charge in [0.05, 0.1) is 5.56 Å². The largest absolute Gasteiger partial charge is 0.480 e. The first kappa shape index (κ1) is 20.9. The first-order chi connectivity index (χ1) is 12.0. The lowest BCUT2D eigenvalue weighted by Gasteiger charge is -2.18. The van der Waals surface area contributed by atoms with E-state index in [0.29, 0.717) is 5.39 Å². The second kappa shape index (κ2) is 8.80. The Morgan fingerprint density at radius 1 is 1.12 bits per heavy atom. The number of aromatic amines is 1. The number of carbonyl (C=O) groups excluding carboxylic acids is 3. The number of carbonyl (C=O) groups is 4. The Balaban J connectivity index is 0.000000359. The van der Waals surface area contributed by atoms with Gasteiger partial charge in [0.15, 0.2) is 0 Å². The number of aromatic nitrogens is 1. The molecule has 0 aliphatic carbocycles. The molecule has 0 fully saturated rings. The molecule has 4 N–H and O–H groups in total. The van der Waals surface area contributed by atoms with Gasteiger partial charge >= 0.3 is 5.97 Å². The van der Waals surface area contributed by atoms with Gasteiger partial charge in [-0.1, -0.05) is 18.2 Å². The molecule has 140 valence electrons. The summed E-state index contributed by atoms with van der Waals surface area (Å²) in [5.41, 5.74) is 0.895. The molecule has 1 aromatic carbocycles. The van der Waals surface area contributed by atoms with E-state index in [-0.39, 0.29) is 17.0 Å². The van der Waals surface area contributed by atoms with Gasteiger partial charge in [0.2, 0.25) is 5.91 Å². The third-order valence-corrected chi connectivity index (χ3v) is 2.99. The van der Waals surface area contributed by atoms with Crippen molar-refractivity contribution in [3.63, 3.8) is 0 Å². The Bertz CT molecular complexity index is 818. The summed E-state index contributed by atoms with van der Waals surface area (Å²) in [4.78, 5) is 46.8. The lowest BCUT2D eigenvalue weighted by molar-refractivity contribution is -0.137. The number of hydrogen-bond donors (Lipinski definition) is 4. The summed E-state index contributed by atoms with van der Waals surface area (Å²) >= 11 is 0. The van der Waals surface area contributed by atoms with Gasteiger partial charge in [-0.2, -0.15) is 0 Å². The molecule has 0 bridgehead atoms. The number of ketones is 1. The predicted octanol–water partition coefficient (Wildman–Crippen LogP) is 1.47. The number of para-hydroxylation sites is 1. The quantitative estimate of drug-likeness (QED) is 0.484. The molecule has 2 aromatic rings. The van der Waals surface area contributed by atoms with Crippen LogP contribution in [0.15, 0.2) is 30.5 Å². The van der Waals surface area contributed by atoms with Crippen molar-refractivity contribution >= 4 is 34.5 Å². The number of amides is 2. The molecule has 2 rings (SSSR count). The second-order valence-electron chi connectivity index (χ2n) is 6.58. The van der Waals surface area contributed by atoms with Crippen LogP contribution in [-0.4, -0.2) is 45.7 Å². The van der Waals surface area contributed by atoms with Gasteiger partial charge < -0.3 is 20.7 Å². The van der Waals surface area contributed by atoms with E-state index < -0.39 is 24.2 Å². The molecule has 0 atom stereocenters. The van der Waals surface area contributed by atoms with Crippen LogP contribution in [-0.2, 0) is 14.4 Å². The number of carboxylic acid groups (broad SMARTS) is 1. The number of Topliss-reactive ketones (excluding diaryl/α,β-unsaturated/α-hetero) is 1. The summed E-state index contributed by atoms with van der Waals surface area (Å²) in [6.07, 6.45) is 1.44. The van der Waals surface area contributed by atoms with Crippen LogP contribution >= 0.6 is 0 Å². The van der Waals surface area contributed by atoms with E-state index in [0.717, 1.165) is 5.52 Å². The smallest absolute Gasteiger partial charge is 0.322 e. The third-order valence-electron chi connectivity index (χ3n) is 2.99. The zero-order valence-electron chi connectivity index (χ0n) is 15.2. The summed E-state index contributed by atoms with van der Waals surface area (Å²) < 4.78 is 0. The van der Waals surface area contributed by atoms with Crippen molar-refractivity contribution < 1.29 is 24.3 Å². The summed E-state index contributed by atoms with van der Waals surface area (Å²) in [5, 5.41) is 13.8. The zero-order valence-corrected chi connectivity index (χ0v) is 15.2. The van der Waals surface area contributed by atoms with Crippen LogP contribution in [0.3, 0.4) is 0 Å². The van der Waals surface area contributed by atoms with Crippen LogP contribution in [0.2, 0.25) is 0 Å². The molecule has 0 saturated carbocycles. The average Bonchev–Trinajstić information content (AvgIpc) is 2.94. The number of nitrogens with one attached hydrogen (secondary N) is 3. The van der Waals surface area contributed by atoms with Gasteiger partial charge in [0.1, 0.15) is 6.54 Å². The van der Waals surface area contributed by atoms with E-state index in [9.17, 15) is 19.2 Å². The molecule has 0 saturated heterocycles. The van der Waals surface area contributed by atoms with Crippen molar-refractivity contribution in [2.45, 2.75) is 33.2 Å². The minimum Gasteiger partial charge on any atom is -0.480 e. The maximum atomic E-state index is 11.8. The topological polar surface area (TPSA) is 128 Å². The number of benzene rings is 1. The first-order valence-corrected chi connectivity index (χ1v) is 7.90.